The molecular formula is C11H10BrN3O2. The van der Waals surface area contributed by atoms with Gasteiger partial charge in [0, 0.05) is 34.2 Å². The molecule has 1 heterocycles. The van der Waals surface area contributed by atoms with Crippen LogP contribution in [-0.2, 0) is 6.54 Å². The third-order valence-electron chi connectivity index (χ3n) is 2.30. The molecule has 0 aliphatic carbocycles. The number of anilines is 1. The van der Waals surface area contributed by atoms with E-state index in [4.69, 9.17) is 0 Å². The second-order valence-corrected chi connectivity index (χ2v) is 4.32. The molecule has 0 amide bonds. The molecule has 0 aliphatic rings. The molecule has 1 aromatic heterocycles. The molecule has 88 valence electrons. The van der Waals surface area contributed by atoms with Crippen molar-refractivity contribution in [2.75, 3.05) is 5.32 Å². The summed E-state index contributed by atoms with van der Waals surface area (Å²) in [6.07, 6.45) is 1.85. The summed E-state index contributed by atoms with van der Waals surface area (Å²) in [6, 6.07) is 8.53. The lowest BCUT2D eigenvalue weighted by atomic mass is 10.3. The first-order valence-electron chi connectivity index (χ1n) is 4.97. The predicted molar refractivity (Wildman–Crippen MR) is 68.9 cm³/mol. The van der Waals surface area contributed by atoms with Crippen LogP contribution in [0.4, 0.5) is 11.4 Å². The highest BCUT2D eigenvalue weighted by Gasteiger charge is 2.08. The molecular weight excluding hydrogens is 286 g/mol. The number of benzene rings is 1. The van der Waals surface area contributed by atoms with Gasteiger partial charge in [-0.25, -0.2) is 0 Å². The maximum absolute atomic E-state index is 10.6. The lowest BCUT2D eigenvalue weighted by Crippen LogP contribution is -2.00. The van der Waals surface area contributed by atoms with E-state index in [1.54, 1.807) is 6.07 Å². The Morgan fingerprint density at radius 1 is 1.41 bits per heavy atom. The van der Waals surface area contributed by atoms with Crippen molar-refractivity contribution in [3.8, 4) is 0 Å². The first-order valence-corrected chi connectivity index (χ1v) is 5.76. The summed E-state index contributed by atoms with van der Waals surface area (Å²) in [7, 11) is 0. The zero-order chi connectivity index (χ0) is 12.3. The van der Waals surface area contributed by atoms with Crippen molar-refractivity contribution in [2.45, 2.75) is 6.54 Å². The molecule has 0 bridgehead atoms. The van der Waals surface area contributed by atoms with Crippen LogP contribution in [0.25, 0.3) is 0 Å². The lowest BCUT2D eigenvalue weighted by Gasteiger charge is -2.07. The van der Waals surface area contributed by atoms with E-state index >= 15 is 0 Å². The topological polar surface area (TPSA) is 71.0 Å². The normalized spacial score (nSPS) is 10.2. The van der Waals surface area contributed by atoms with Crippen molar-refractivity contribution >= 4 is 27.3 Å². The molecule has 2 N–H and O–H groups in total. The number of non-ortho nitro benzene ring substituents is 1. The summed E-state index contributed by atoms with van der Waals surface area (Å²) < 4.78 is 0.679. The number of nitro groups is 1. The van der Waals surface area contributed by atoms with Gasteiger partial charge in [-0.3, -0.25) is 10.1 Å². The fourth-order valence-electron chi connectivity index (χ4n) is 1.43. The maximum atomic E-state index is 10.6. The molecule has 0 radical (unpaired) electrons. The number of H-pyrrole nitrogens is 1. The van der Waals surface area contributed by atoms with E-state index < -0.39 is 4.92 Å². The van der Waals surface area contributed by atoms with Crippen LogP contribution in [0.3, 0.4) is 0 Å². The van der Waals surface area contributed by atoms with Gasteiger partial charge in [-0.05, 0) is 34.1 Å². The van der Waals surface area contributed by atoms with Gasteiger partial charge in [0.2, 0.25) is 0 Å². The molecule has 17 heavy (non-hydrogen) atoms. The van der Waals surface area contributed by atoms with Crippen molar-refractivity contribution in [2.24, 2.45) is 0 Å². The van der Waals surface area contributed by atoms with Crippen molar-refractivity contribution in [3.05, 3.63) is 56.8 Å². The highest BCUT2D eigenvalue weighted by molar-refractivity contribution is 9.10. The molecule has 0 spiro atoms. The fourth-order valence-corrected chi connectivity index (χ4v) is 1.94. The summed E-state index contributed by atoms with van der Waals surface area (Å²) in [4.78, 5) is 13.2. The Hall–Kier alpha value is -1.82. The molecule has 5 nitrogen and oxygen atoms in total. The highest BCUT2D eigenvalue weighted by Crippen LogP contribution is 2.27. The minimum atomic E-state index is -0.417. The van der Waals surface area contributed by atoms with Crippen LogP contribution in [-0.4, -0.2) is 9.91 Å². The van der Waals surface area contributed by atoms with Gasteiger partial charge in [-0.1, -0.05) is 0 Å². The Morgan fingerprint density at radius 2 is 2.24 bits per heavy atom. The Morgan fingerprint density at radius 3 is 2.82 bits per heavy atom. The van der Waals surface area contributed by atoms with Gasteiger partial charge in [0.05, 0.1) is 11.5 Å². The van der Waals surface area contributed by atoms with Gasteiger partial charge in [-0.15, -0.1) is 0 Å². The van der Waals surface area contributed by atoms with Crippen molar-refractivity contribution in [1.82, 2.24) is 4.98 Å². The monoisotopic (exact) mass is 295 g/mol. The average Bonchev–Trinajstić information content (AvgIpc) is 2.80. The van der Waals surface area contributed by atoms with Crippen LogP contribution in [0, 0.1) is 10.1 Å². The molecule has 0 unspecified atom stereocenters. The van der Waals surface area contributed by atoms with Crippen LogP contribution >= 0.6 is 15.9 Å². The number of rotatable bonds is 4. The molecule has 1 aromatic carbocycles. The lowest BCUT2D eigenvalue weighted by molar-refractivity contribution is -0.384. The third kappa shape index (κ3) is 2.85. The Kier molecular flexibility index (Phi) is 3.43. The first kappa shape index (κ1) is 11.7. The number of nitrogens with zero attached hydrogens (tertiary/aromatic N) is 1. The second kappa shape index (κ2) is 5.01. The number of hydrogen-bond donors (Lipinski definition) is 2. The zero-order valence-corrected chi connectivity index (χ0v) is 10.4. The molecule has 2 rings (SSSR count). The van der Waals surface area contributed by atoms with Crippen LogP contribution in [0.5, 0.6) is 0 Å². The van der Waals surface area contributed by atoms with Crippen molar-refractivity contribution < 1.29 is 4.92 Å². The number of aromatic nitrogens is 1. The van der Waals surface area contributed by atoms with Gasteiger partial charge in [0.15, 0.2) is 0 Å². The summed E-state index contributed by atoms with van der Waals surface area (Å²) in [6.45, 7) is 0.642. The summed E-state index contributed by atoms with van der Waals surface area (Å²) in [5.74, 6) is 0. The average molecular weight is 296 g/mol. The predicted octanol–water partition coefficient (Wildman–Crippen LogP) is 3.30. The van der Waals surface area contributed by atoms with E-state index in [1.807, 2.05) is 18.3 Å². The minimum absolute atomic E-state index is 0.0716. The van der Waals surface area contributed by atoms with E-state index in [0.717, 1.165) is 11.4 Å². The van der Waals surface area contributed by atoms with Gasteiger partial charge < -0.3 is 10.3 Å². The number of aromatic amines is 1. The summed E-state index contributed by atoms with van der Waals surface area (Å²) in [5.41, 5.74) is 1.95. The number of hydrogen-bond acceptors (Lipinski definition) is 3. The highest BCUT2D eigenvalue weighted by atomic mass is 79.9. The molecule has 2 aromatic rings. The molecule has 6 heteroatoms. The van der Waals surface area contributed by atoms with Crippen LogP contribution < -0.4 is 5.32 Å². The molecule has 0 atom stereocenters. The minimum Gasteiger partial charge on any atom is -0.379 e. The van der Waals surface area contributed by atoms with E-state index in [9.17, 15) is 10.1 Å². The number of halogens is 1. The quantitative estimate of drug-likeness (QED) is 0.671. The Labute approximate surface area is 106 Å². The number of nitrogens with one attached hydrogen (secondary N) is 2. The Balaban J connectivity index is 2.09. The smallest absolute Gasteiger partial charge is 0.270 e. The van der Waals surface area contributed by atoms with Crippen LogP contribution in [0.15, 0.2) is 41.0 Å². The zero-order valence-electron chi connectivity index (χ0n) is 8.81. The number of nitro benzene ring substituents is 1. The largest absolute Gasteiger partial charge is 0.379 e. The van der Waals surface area contributed by atoms with Crippen LogP contribution in [0.2, 0.25) is 0 Å². The van der Waals surface area contributed by atoms with E-state index in [-0.39, 0.29) is 5.69 Å². The van der Waals surface area contributed by atoms with Crippen molar-refractivity contribution in [3.63, 3.8) is 0 Å². The van der Waals surface area contributed by atoms with Gasteiger partial charge in [0.1, 0.15) is 0 Å². The molecule has 0 aliphatic heterocycles. The van der Waals surface area contributed by atoms with E-state index in [0.29, 0.717) is 11.0 Å². The van der Waals surface area contributed by atoms with Crippen molar-refractivity contribution in [1.29, 1.82) is 0 Å². The fraction of sp³-hybridized carbons (Fsp3) is 0.0909. The SMILES string of the molecule is O=[N+]([O-])c1ccc(NCc2ccc[nH]2)c(Br)c1. The van der Waals surface area contributed by atoms with Gasteiger partial charge >= 0.3 is 0 Å². The molecule has 0 saturated heterocycles. The third-order valence-corrected chi connectivity index (χ3v) is 2.95. The summed E-state index contributed by atoms with van der Waals surface area (Å²) >= 11 is 3.30. The standard InChI is InChI=1S/C11H10BrN3O2/c12-10-6-9(15(16)17)3-4-11(10)14-7-8-2-1-5-13-8/h1-6,13-14H,7H2. The van der Waals surface area contributed by atoms with E-state index in [2.05, 4.69) is 26.2 Å². The second-order valence-electron chi connectivity index (χ2n) is 3.47. The van der Waals surface area contributed by atoms with E-state index in [1.165, 1.54) is 12.1 Å². The molecule has 0 fully saturated rings. The maximum Gasteiger partial charge on any atom is 0.270 e. The first-order chi connectivity index (χ1) is 8.16. The Bertz CT molecular complexity index is 526. The molecule has 0 saturated carbocycles. The summed E-state index contributed by atoms with van der Waals surface area (Å²) in [5, 5.41) is 13.7. The van der Waals surface area contributed by atoms with Gasteiger partial charge in [-0.2, -0.15) is 0 Å². The van der Waals surface area contributed by atoms with Gasteiger partial charge in [0.25, 0.3) is 5.69 Å². The van der Waals surface area contributed by atoms with Crippen LogP contribution in [0.1, 0.15) is 5.69 Å².